The molecule has 0 fully saturated rings. The lowest BCUT2D eigenvalue weighted by Gasteiger charge is -2.11. The van der Waals surface area contributed by atoms with Crippen LogP contribution in [0.4, 0.5) is 20.2 Å². The van der Waals surface area contributed by atoms with Crippen molar-refractivity contribution < 1.29 is 13.5 Å². The van der Waals surface area contributed by atoms with E-state index in [1.54, 1.807) is 12.1 Å². The van der Waals surface area contributed by atoms with Crippen LogP contribution >= 0.6 is 22.9 Å². The van der Waals surface area contributed by atoms with Crippen molar-refractivity contribution in [3.05, 3.63) is 51.5 Å². The van der Waals surface area contributed by atoms with Crippen molar-refractivity contribution in [1.29, 1.82) is 5.41 Å². The smallest absolute Gasteiger partial charge is 0.242 e. The quantitative estimate of drug-likeness (QED) is 0.327. The molecule has 2 aromatic carbocycles. The number of aromatic nitrogens is 1. The second-order valence-electron chi connectivity index (χ2n) is 5.49. The second kappa shape index (κ2) is 8.41. The molecular formula is C18H14ClF2N5OS. The maximum atomic E-state index is 13.6. The average molecular weight is 422 g/mol. The highest BCUT2D eigenvalue weighted by Gasteiger charge is 2.16. The fraction of sp³-hybridized carbons (Fsp3) is 0.111. The van der Waals surface area contributed by atoms with E-state index in [1.165, 1.54) is 24.8 Å². The first-order valence-electron chi connectivity index (χ1n) is 7.86. The van der Waals surface area contributed by atoms with Crippen LogP contribution in [0, 0.1) is 17.0 Å². The molecule has 6 nitrogen and oxygen atoms in total. The number of fused-ring (bicyclic) bond motifs is 1. The van der Waals surface area contributed by atoms with Crippen molar-refractivity contribution in [3.63, 3.8) is 0 Å². The number of halogens is 3. The minimum Gasteiger partial charge on any atom is -0.479 e. The molecular weight excluding hydrogens is 408 g/mol. The normalized spacial score (nSPS) is 11.1. The van der Waals surface area contributed by atoms with Crippen LogP contribution in [-0.2, 0) is 11.3 Å². The van der Waals surface area contributed by atoms with Gasteiger partial charge in [0.15, 0.2) is 16.6 Å². The summed E-state index contributed by atoms with van der Waals surface area (Å²) in [5.74, 6) is -2.08. The highest BCUT2D eigenvalue weighted by Crippen LogP contribution is 2.34. The SMILES string of the molecule is C=N/C=N\c1ccc2nc(C(=N)OC)sc2c1CNc1cc(F)c(F)cc1Cl. The lowest BCUT2D eigenvalue weighted by Crippen LogP contribution is -2.02. The van der Waals surface area contributed by atoms with Crippen LogP contribution in [0.15, 0.2) is 34.3 Å². The number of hydrogen-bond acceptors (Lipinski definition) is 6. The summed E-state index contributed by atoms with van der Waals surface area (Å²) in [6.45, 7) is 3.57. The molecule has 2 N–H and O–H groups in total. The van der Waals surface area contributed by atoms with Crippen LogP contribution in [0.1, 0.15) is 10.6 Å². The predicted octanol–water partition coefficient (Wildman–Crippen LogP) is 5.17. The summed E-state index contributed by atoms with van der Waals surface area (Å²) >= 11 is 7.26. The van der Waals surface area contributed by atoms with Gasteiger partial charge in [-0.05, 0) is 24.9 Å². The van der Waals surface area contributed by atoms with Gasteiger partial charge in [-0.25, -0.2) is 18.8 Å². The highest BCUT2D eigenvalue weighted by atomic mass is 35.5. The van der Waals surface area contributed by atoms with Gasteiger partial charge in [0.25, 0.3) is 0 Å². The third-order valence-corrected chi connectivity index (χ3v) is 5.22. The van der Waals surface area contributed by atoms with Gasteiger partial charge < -0.3 is 10.1 Å². The van der Waals surface area contributed by atoms with Crippen LogP contribution in [0.3, 0.4) is 0 Å². The molecule has 0 saturated heterocycles. The zero-order chi connectivity index (χ0) is 20.3. The highest BCUT2D eigenvalue weighted by molar-refractivity contribution is 7.20. The molecule has 1 heterocycles. The van der Waals surface area contributed by atoms with Gasteiger partial charge in [-0.3, -0.25) is 10.4 Å². The number of rotatable bonds is 6. The van der Waals surface area contributed by atoms with Crippen LogP contribution in [0.5, 0.6) is 0 Å². The number of methoxy groups -OCH3 is 1. The summed E-state index contributed by atoms with van der Waals surface area (Å²) in [4.78, 5) is 12.2. The van der Waals surface area contributed by atoms with Gasteiger partial charge >= 0.3 is 0 Å². The Bertz CT molecular complexity index is 1100. The molecule has 144 valence electrons. The Morgan fingerprint density at radius 1 is 1.39 bits per heavy atom. The minimum absolute atomic E-state index is 0.0510. The number of benzene rings is 2. The first-order valence-corrected chi connectivity index (χ1v) is 9.06. The van der Waals surface area contributed by atoms with Crippen LogP contribution < -0.4 is 5.32 Å². The lowest BCUT2D eigenvalue weighted by atomic mass is 10.1. The third-order valence-electron chi connectivity index (χ3n) is 3.78. The van der Waals surface area contributed by atoms with Gasteiger partial charge in [-0.1, -0.05) is 11.6 Å². The van der Waals surface area contributed by atoms with Gasteiger partial charge in [-0.15, -0.1) is 11.3 Å². The van der Waals surface area contributed by atoms with Gasteiger partial charge in [-0.2, -0.15) is 0 Å². The molecule has 0 atom stereocenters. The van der Waals surface area contributed by atoms with Gasteiger partial charge in [0, 0.05) is 18.2 Å². The zero-order valence-corrected chi connectivity index (χ0v) is 16.2. The first kappa shape index (κ1) is 19.8. The maximum Gasteiger partial charge on any atom is 0.242 e. The van der Waals surface area contributed by atoms with Crippen LogP contribution in [0.2, 0.25) is 5.02 Å². The topological polar surface area (TPSA) is 82.7 Å². The number of hydrogen-bond donors (Lipinski definition) is 2. The van der Waals surface area contributed by atoms with Crippen molar-refractivity contribution in [1.82, 2.24) is 4.98 Å². The summed E-state index contributed by atoms with van der Waals surface area (Å²) in [5, 5.41) is 11.3. The Hall–Kier alpha value is -2.91. The summed E-state index contributed by atoms with van der Waals surface area (Å²) in [6, 6.07) is 5.41. The van der Waals surface area contributed by atoms with Gasteiger partial charge in [0.2, 0.25) is 5.90 Å². The van der Waals surface area contributed by atoms with Crippen molar-refractivity contribution in [2.75, 3.05) is 12.4 Å². The number of ether oxygens (including phenoxy) is 1. The number of anilines is 1. The maximum absolute atomic E-state index is 13.6. The predicted molar refractivity (Wildman–Crippen MR) is 110 cm³/mol. The molecule has 0 unspecified atom stereocenters. The molecule has 1 aromatic heterocycles. The van der Waals surface area contributed by atoms with Crippen molar-refractivity contribution >= 4 is 63.5 Å². The molecule has 3 rings (SSSR count). The fourth-order valence-electron chi connectivity index (χ4n) is 2.46. The Kier molecular flexibility index (Phi) is 5.96. The number of aliphatic imine (C=N–C) groups is 2. The van der Waals surface area contributed by atoms with Crippen molar-refractivity contribution in [2.45, 2.75) is 6.54 Å². The Labute approximate surface area is 168 Å². The van der Waals surface area contributed by atoms with E-state index in [9.17, 15) is 8.78 Å². The van der Waals surface area contributed by atoms with E-state index in [-0.39, 0.29) is 23.2 Å². The van der Waals surface area contributed by atoms with E-state index in [2.05, 4.69) is 27.0 Å². The van der Waals surface area contributed by atoms with Crippen molar-refractivity contribution in [2.24, 2.45) is 9.98 Å². The average Bonchev–Trinajstić information content (AvgIpc) is 3.12. The Balaban J connectivity index is 2.04. The lowest BCUT2D eigenvalue weighted by molar-refractivity contribution is 0.401. The van der Waals surface area contributed by atoms with Crippen molar-refractivity contribution in [3.8, 4) is 0 Å². The van der Waals surface area contributed by atoms with E-state index in [0.717, 1.165) is 22.4 Å². The second-order valence-corrected chi connectivity index (χ2v) is 6.90. The number of thiazole rings is 1. The molecule has 0 aliphatic heterocycles. The minimum atomic E-state index is -1.02. The Morgan fingerprint density at radius 2 is 2.14 bits per heavy atom. The van der Waals surface area contributed by atoms with E-state index in [1.807, 2.05) is 0 Å². The molecule has 0 aliphatic rings. The molecule has 0 aliphatic carbocycles. The summed E-state index contributed by atoms with van der Waals surface area (Å²) < 4.78 is 32.5. The fourth-order valence-corrected chi connectivity index (χ4v) is 3.71. The molecule has 0 spiro atoms. The Morgan fingerprint density at radius 3 is 2.86 bits per heavy atom. The molecule has 0 bridgehead atoms. The van der Waals surface area contributed by atoms with E-state index >= 15 is 0 Å². The molecule has 10 heteroatoms. The largest absolute Gasteiger partial charge is 0.479 e. The zero-order valence-electron chi connectivity index (χ0n) is 14.6. The monoisotopic (exact) mass is 421 g/mol. The van der Waals surface area contributed by atoms with Crippen LogP contribution in [0.25, 0.3) is 10.2 Å². The molecule has 0 radical (unpaired) electrons. The number of nitrogens with one attached hydrogen (secondary N) is 2. The van der Waals surface area contributed by atoms with E-state index < -0.39 is 11.6 Å². The standard InChI is InChI=1S/C18H14ClF2N5OS/c1-23-8-25-13-3-4-14-16(28-18(26-14)17(22)27-2)9(13)7-24-15-6-12(21)11(20)5-10(15)19/h3-6,8,22,24H,1,7H2,2H3/b22-17?,25-8-. The molecule has 0 saturated carbocycles. The van der Waals surface area contributed by atoms with Crippen LogP contribution in [-0.4, -0.2) is 31.0 Å². The summed E-state index contributed by atoms with van der Waals surface area (Å²) in [7, 11) is 1.40. The van der Waals surface area contributed by atoms with E-state index in [0.29, 0.717) is 16.2 Å². The number of nitrogens with zero attached hydrogens (tertiary/aromatic N) is 3. The third kappa shape index (κ3) is 4.00. The molecule has 28 heavy (non-hydrogen) atoms. The molecule has 3 aromatic rings. The summed E-state index contributed by atoms with van der Waals surface area (Å²) in [5.41, 5.74) is 2.21. The van der Waals surface area contributed by atoms with Gasteiger partial charge in [0.05, 0.1) is 33.7 Å². The summed E-state index contributed by atoms with van der Waals surface area (Å²) in [6.07, 6.45) is 1.30. The molecule has 0 amide bonds. The van der Waals surface area contributed by atoms with E-state index in [4.69, 9.17) is 21.7 Å². The van der Waals surface area contributed by atoms with Gasteiger partial charge in [0.1, 0.15) is 6.34 Å². The first-order chi connectivity index (χ1) is 13.4.